The quantitative estimate of drug-likeness (QED) is 0.837. The molecule has 0 aliphatic heterocycles. The van der Waals surface area contributed by atoms with Gasteiger partial charge in [0.2, 0.25) is 0 Å². The van der Waals surface area contributed by atoms with E-state index in [1.807, 2.05) is 6.26 Å². The maximum Gasteiger partial charge on any atom is 0.435 e. The highest BCUT2D eigenvalue weighted by Gasteiger charge is 2.32. The summed E-state index contributed by atoms with van der Waals surface area (Å²) in [6.45, 7) is 0.330. The summed E-state index contributed by atoms with van der Waals surface area (Å²) in [4.78, 5) is 0. The number of rotatable bonds is 5. The molecule has 1 heterocycles. The van der Waals surface area contributed by atoms with E-state index in [1.54, 1.807) is 17.8 Å². The second-order valence-electron chi connectivity index (χ2n) is 4.50. The van der Waals surface area contributed by atoms with Crippen molar-refractivity contribution in [2.75, 3.05) is 11.6 Å². The van der Waals surface area contributed by atoms with E-state index in [0.717, 1.165) is 17.2 Å². The van der Waals surface area contributed by atoms with Gasteiger partial charge in [-0.15, -0.1) is 10.2 Å². The smallest absolute Gasteiger partial charge is 0.364 e. The molecule has 3 nitrogen and oxygen atoms in total. The second kappa shape index (κ2) is 6.95. The normalized spacial score (nSPS) is 11.5. The van der Waals surface area contributed by atoms with Crippen LogP contribution in [0.2, 0.25) is 0 Å². The van der Waals surface area contributed by atoms with Gasteiger partial charge in [-0.25, -0.2) is 4.39 Å². The van der Waals surface area contributed by atoms with Crippen LogP contribution in [0, 0.1) is 5.82 Å². The highest BCUT2D eigenvalue weighted by Crippen LogP contribution is 2.27. The molecule has 0 aliphatic rings. The van der Waals surface area contributed by atoms with Gasteiger partial charge in [-0.1, -0.05) is 6.07 Å². The summed E-state index contributed by atoms with van der Waals surface area (Å²) < 4.78 is 50.4. The summed E-state index contributed by atoms with van der Waals surface area (Å²) >= 11 is 1.56. The lowest BCUT2D eigenvalue weighted by Gasteiger charge is -2.11. The Morgan fingerprint density at radius 1 is 1.09 bits per heavy atom. The minimum Gasteiger partial charge on any atom is -0.364 e. The fourth-order valence-corrected chi connectivity index (χ4v) is 2.40. The van der Waals surface area contributed by atoms with Crippen LogP contribution in [-0.4, -0.2) is 16.5 Å². The molecule has 8 heteroatoms. The lowest BCUT2D eigenvalue weighted by atomic mass is 10.1. The van der Waals surface area contributed by atoms with E-state index in [-0.39, 0.29) is 11.6 Å². The molecule has 118 valence electrons. The van der Waals surface area contributed by atoms with E-state index in [9.17, 15) is 17.6 Å². The Hall–Kier alpha value is -1.83. The van der Waals surface area contributed by atoms with Crippen molar-refractivity contribution < 1.29 is 17.6 Å². The number of alkyl halides is 3. The molecule has 0 spiro atoms. The van der Waals surface area contributed by atoms with Crippen molar-refractivity contribution in [3.8, 4) is 0 Å². The van der Waals surface area contributed by atoms with Gasteiger partial charge in [0, 0.05) is 12.3 Å². The lowest BCUT2D eigenvalue weighted by Crippen LogP contribution is -2.11. The van der Waals surface area contributed by atoms with Gasteiger partial charge < -0.3 is 5.32 Å². The molecule has 0 fully saturated rings. The molecule has 0 saturated carbocycles. The molecule has 0 amide bonds. The maximum absolute atomic E-state index is 13.2. The number of nitrogens with zero attached hydrogens (tertiary/aromatic N) is 2. The zero-order valence-corrected chi connectivity index (χ0v) is 12.4. The van der Waals surface area contributed by atoms with Crippen LogP contribution >= 0.6 is 11.8 Å². The summed E-state index contributed by atoms with van der Waals surface area (Å²) in [7, 11) is 0. The van der Waals surface area contributed by atoms with Gasteiger partial charge in [-0.2, -0.15) is 24.9 Å². The van der Waals surface area contributed by atoms with Crippen molar-refractivity contribution in [2.24, 2.45) is 0 Å². The Morgan fingerprint density at radius 3 is 2.45 bits per heavy atom. The topological polar surface area (TPSA) is 37.8 Å². The van der Waals surface area contributed by atoms with Crippen molar-refractivity contribution in [1.29, 1.82) is 0 Å². The summed E-state index contributed by atoms with van der Waals surface area (Å²) in [6, 6.07) is 6.52. The van der Waals surface area contributed by atoms with Crippen molar-refractivity contribution in [1.82, 2.24) is 10.2 Å². The fourth-order valence-electron chi connectivity index (χ4n) is 1.82. The van der Waals surface area contributed by atoms with E-state index in [0.29, 0.717) is 12.3 Å². The number of thioether (sulfide) groups is 1. The first kappa shape index (κ1) is 16.5. The minimum atomic E-state index is -4.51. The molecule has 2 rings (SSSR count). The molecular formula is C14H13F4N3S. The van der Waals surface area contributed by atoms with E-state index in [4.69, 9.17) is 0 Å². The Balaban J connectivity index is 2.07. The number of hydrogen-bond acceptors (Lipinski definition) is 4. The molecule has 0 aliphatic carbocycles. The van der Waals surface area contributed by atoms with Crippen molar-refractivity contribution in [3.05, 3.63) is 53.0 Å². The molecule has 1 N–H and O–H groups in total. The highest BCUT2D eigenvalue weighted by molar-refractivity contribution is 7.97. The summed E-state index contributed by atoms with van der Waals surface area (Å²) in [6.07, 6.45) is -2.60. The average molecular weight is 331 g/mol. The van der Waals surface area contributed by atoms with E-state index < -0.39 is 11.9 Å². The Labute approximate surface area is 129 Å². The third-order valence-corrected chi connectivity index (χ3v) is 3.48. The Morgan fingerprint density at radius 2 is 1.86 bits per heavy atom. The monoisotopic (exact) mass is 331 g/mol. The highest BCUT2D eigenvalue weighted by atomic mass is 32.2. The van der Waals surface area contributed by atoms with E-state index in [2.05, 4.69) is 15.5 Å². The zero-order valence-electron chi connectivity index (χ0n) is 11.6. The molecule has 0 saturated heterocycles. The van der Waals surface area contributed by atoms with Crippen LogP contribution in [0.3, 0.4) is 0 Å². The predicted molar refractivity (Wildman–Crippen MR) is 78.0 cm³/mol. The zero-order chi connectivity index (χ0) is 16.2. The van der Waals surface area contributed by atoms with Gasteiger partial charge >= 0.3 is 6.18 Å². The third kappa shape index (κ3) is 4.33. The van der Waals surface area contributed by atoms with Gasteiger partial charge in [0.15, 0.2) is 5.69 Å². The Bertz CT molecular complexity index is 629. The van der Waals surface area contributed by atoms with Crippen LogP contribution in [0.1, 0.15) is 16.8 Å². The van der Waals surface area contributed by atoms with Crippen molar-refractivity contribution in [3.63, 3.8) is 0 Å². The standard InChI is InChI=1S/C14H13F4N3S/c1-22-8-10-6-11(15)3-2-9(10)7-19-13-5-4-12(20-21-13)14(16,17)18/h2-6H,7-8H2,1H3,(H,19,21). The number of aromatic nitrogens is 2. The number of hydrogen-bond donors (Lipinski definition) is 1. The third-order valence-electron chi connectivity index (χ3n) is 2.88. The largest absolute Gasteiger partial charge is 0.435 e. The minimum absolute atomic E-state index is 0.229. The molecule has 0 radical (unpaired) electrons. The molecule has 2 aromatic rings. The number of benzene rings is 1. The average Bonchev–Trinajstić information content (AvgIpc) is 2.46. The molecule has 1 aromatic carbocycles. The van der Waals surface area contributed by atoms with E-state index in [1.165, 1.54) is 18.2 Å². The summed E-state index contributed by atoms with van der Waals surface area (Å²) in [5, 5.41) is 9.51. The van der Waals surface area contributed by atoms with E-state index >= 15 is 0 Å². The first-order valence-corrected chi connectivity index (χ1v) is 7.70. The summed E-state index contributed by atoms with van der Waals surface area (Å²) in [5.41, 5.74) is 0.653. The first-order valence-electron chi connectivity index (χ1n) is 6.31. The molecule has 0 bridgehead atoms. The van der Waals surface area contributed by atoms with Crippen LogP contribution in [0.15, 0.2) is 30.3 Å². The van der Waals surface area contributed by atoms with Crippen LogP contribution in [0.4, 0.5) is 23.4 Å². The number of halogens is 4. The SMILES string of the molecule is CSCc1cc(F)ccc1CNc1ccc(C(F)(F)F)nn1. The molecular weight excluding hydrogens is 318 g/mol. The summed E-state index contributed by atoms with van der Waals surface area (Å²) in [5.74, 6) is 0.558. The van der Waals surface area contributed by atoms with Gasteiger partial charge in [0.1, 0.15) is 11.6 Å². The van der Waals surface area contributed by atoms with Gasteiger partial charge in [-0.3, -0.25) is 0 Å². The molecule has 0 atom stereocenters. The first-order chi connectivity index (χ1) is 10.4. The van der Waals surface area contributed by atoms with Crippen LogP contribution < -0.4 is 5.32 Å². The van der Waals surface area contributed by atoms with Gasteiger partial charge in [0.05, 0.1) is 0 Å². The molecule has 0 unspecified atom stereocenters. The van der Waals surface area contributed by atoms with Crippen molar-refractivity contribution in [2.45, 2.75) is 18.5 Å². The van der Waals surface area contributed by atoms with Gasteiger partial charge in [-0.05, 0) is 41.6 Å². The van der Waals surface area contributed by atoms with Crippen LogP contribution in [-0.2, 0) is 18.5 Å². The molecule has 22 heavy (non-hydrogen) atoms. The second-order valence-corrected chi connectivity index (χ2v) is 5.37. The Kier molecular flexibility index (Phi) is 5.23. The van der Waals surface area contributed by atoms with Crippen molar-refractivity contribution >= 4 is 17.6 Å². The predicted octanol–water partition coefficient (Wildman–Crippen LogP) is 4.11. The molecule has 1 aromatic heterocycles. The van der Waals surface area contributed by atoms with Crippen LogP contribution in [0.5, 0.6) is 0 Å². The number of nitrogens with one attached hydrogen (secondary N) is 1. The van der Waals surface area contributed by atoms with Gasteiger partial charge in [0.25, 0.3) is 0 Å². The fraction of sp³-hybridized carbons (Fsp3) is 0.286. The number of anilines is 1. The van der Waals surface area contributed by atoms with Crippen LogP contribution in [0.25, 0.3) is 0 Å². The maximum atomic E-state index is 13.2. The lowest BCUT2D eigenvalue weighted by molar-refractivity contribution is -0.141.